The number of nitro groups is 1. The molecule has 0 fully saturated rings. The molecule has 0 bridgehead atoms. The highest BCUT2D eigenvalue weighted by Gasteiger charge is 2.29. The SMILES string of the molecule is CCC(CO)(CO)Nc1c(C)cccc1[N+](=O)[O-]. The highest BCUT2D eigenvalue weighted by atomic mass is 16.6. The summed E-state index contributed by atoms with van der Waals surface area (Å²) in [6, 6.07) is 4.74. The number of aryl methyl sites for hydroxylation is 1. The van der Waals surface area contributed by atoms with Crippen LogP contribution in [0.5, 0.6) is 0 Å². The maximum absolute atomic E-state index is 11.0. The molecular formula is C12H18N2O4. The second-order valence-corrected chi connectivity index (χ2v) is 4.30. The van der Waals surface area contributed by atoms with Crippen molar-refractivity contribution in [1.82, 2.24) is 0 Å². The van der Waals surface area contributed by atoms with Crippen LogP contribution >= 0.6 is 0 Å². The van der Waals surface area contributed by atoms with Crippen LogP contribution < -0.4 is 5.32 Å². The van der Waals surface area contributed by atoms with Crippen LogP contribution in [0.1, 0.15) is 18.9 Å². The Morgan fingerprint density at radius 2 is 2.00 bits per heavy atom. The van der Waals surface area contributed by atoms with Gasteiger partial charge in [0.25, 0.3) is 5.69 Å². The maximum atomic E-state index is 11.0. The molecule has 3 N–H and O–H groups in total. The molecule has 0 atom stereocenters. The summed E-state index contributed by atoms with van der Waals surface area (Å²) in [5.74, 6) is 0. The van der Waals surface area contributed by atoms with E-state index < -0.39 is 10.5 Å². The first kappa shape index (κ1) is 14.4. The van der Waals surface area contributed by atoms with Gasteiger partial charge in [-0.2, -0.15) is 0 Å². The molecule has 0 amide bonds. The van der Waals surface area contributed by atoms with Gasteiger partial charge in [-0.3, -0.25) is 10.1 Å². The monoisotopic (exact) mass is 254 g/mol. The van der Waals surface area contributed by atoms with Gasteiger partial charge in [0.05, 0.1) is 23.7 Å². The summed E-state index contributed by atoms with van der Waals surface area (Å²) in [5, 5.41) is 32.6. The van der Waals surface area contributed by atoms with Crippen LogP contribution in [0.3, 0.4) is 0 Å². The average Bonchev–Trinajstić information content (AvgIpc) is 2.37. The Hall–Kier alpha value is -1.66. The third-order valence-electron chi connectivity index (χ3n) is 3.12. The van der Waals surface area contributed by atoms with Gasteiger partial charge < -0.3 is 15.5 Å². The van der Waals surface area contributed by atoms with Gasteiger partial charge in [-0.15, -0.1) is 0 Å². The molecule has 0 aliphatic rings. The molecule has 0 radical (unpaired) electrons. The van der Waals surface area contributed by atoms with Crippen molar-refractivity contribution in [1.29, 1.82) is 0 Å². The Kier molecular flexibility index (Phi) is 4.63. The smallest absolute Gasteiger partial charge is 0.292 e. The minimum Gasteiger partial charge on any atom is -0.394 e. The van der Waals surface area contributed by atoms with Crippen molar-refractivity contribution < 1.29 is 15.1 Å². The van der Waals surface area contributed by atoms with Crippen molar-refractivity contribution in [3.8, 4) is 0 Å². The van der Waals surface area contributed by atoms with Crippen LogP contribution in [-0.2, 0) is 0 Å². The van der Waals surface area contributed by atoms with Crippen LogP contribution in [0.15, 0.2) is 18.2 Å². The molecule has 6 heteroatoms. The summed E-state index contributed by atoms with van der Waals surface area (Å²) in [6.45, 7) is 2.94. The average molecular weight is 254 g/mol. The van der Waals surface area contributed by atoms with E-state index in [0.29, 0.717) is 17.7 Å². The minimum absolute atomic E-state index is 0.0604. The largest absolute Gasteiger partial charge is 0.394 e. The summed E-state index contributed by atoms with van der Waals surface area (Å²) in [7, 11) is 0. The van der Waals surface area contributed by atoms with E-state index in [-0.39, 0.29) is 18.9 Å². The van der Waals surface area contributed by atoms with Crippen LogP contribution in [0.25, 0.3) is 0 Å². The zero-order chi connectivity index (χ0) is 13.8. The van der Waals surface area contributed by atoms with Gasteiger partial charge in [-0.05, 0) is 18.9 Å². The molecule has 0 aliphatic heterocycles. The standard InChI is InChI=1S/C12H18N2O4/c1-3-12(7-15,8-16)13-11-9(2)5-4-6-10(11)14(17)18/h4-6,13,15-16H,3,7-8H2,1-2H3. The highest BCUT2D eigenvalue weighted by molar-refractivity contribution is 5.67. The number of hydrogen-bond donors (Lipinski definition) is 3. The Bertz CT molecular complexity index is 422. The Morgan fingerprint density at radius 1 is 1.39 bits per heavy atom. The summed E-state index contributed by atoms with van der Waals surface area (Å²) in [4.78, 5) is 10.5. The molecule has 1 rings (SSSR count). The maximum Gasteiger partial charge on any atom is 0.292 e. The van der Waals surface area contributed by atoms with Crippen molar-refractivity contribution in [2.75, 3.05) is 18.5 Å². The Balaban J connectivity index is 3.20. The topological polar surface area (TPSA) is 95.6 Å². The zero-order valence-corrected chi connectivity index (χ0v) is 10.5. The molecule has 100 valence electrons. The van der Waals surface area contributed by atoms with Crippen LogP contribution in [0.2, 0.25) is 0 Å². The fourth-order valence-electron chi connectivity index (χ4n) is 1.67. The number of aliphatic hydroxyl groups is 2. The Labute approximate surface area is 105 Å². The van der Waals surface area contributed by atoms with Gasteiger partial charge in [0.15, 0.2) is 0 Å². The first-order valence-corrected chi connectivity index (χ1v) is 5.73. The number of nitrogens with one attached hydrogen (secondary N) is 1. The van der Waals surface area contributed by atoms with Crippen molar-refractivity contribution in [2.45, 2.75) is 25.8 Å². The lowest BCUT2D eigenvalue weighted by Gasteiger charge is -2.31. The lowest BCUT2D eigenvalue weighted by Crippen LogP contribution is -2.45. The second-order valence-electron chi connectivity index (χ2n) is 4.30. The minimum atomic E-state index is -0.948. The van der Waals surface area contributed by atoms with Crippen LogP contribution in [0, 0.1) is 17.0 Å². The molecule has 6 nitrogen and oxygen atoms in total. The van der Waals surface area contributed by atoms with Gasteiger partial charge in [0.2, 0.25) is 0 Å². The first-order chi connectivity index (χ1) is 8.49. The van der Waals surface area contributed by atoms with Crippen molar-refractivity contribution in [3.63, 3.8) is 0 Å². The van der Waals surface area contributed by atoms with E-state index in [9.17, 15) is 20.3 Å². The van der Waals surface area contributed by atoms with Gasteiger partial charge in [-0.1, -0.05) is 19.1 Å². The van der Waals surface area contributed by atoms with Crippen molar-refractivity contribution in [3.05, 3.63) is 33.9 Å². The predicted molar refractivity (Wildman–Crippen MR) is 68.6 cm³/mol. The number of rotatable bonds is 6. The summed E-state index contributed by atoms with van der Waals surface area (Å²) in [5.41, 5.74) is 0.0303. The highest BCUT2D eigenvalue weighted by Crippen LogP contribution is 2.31. The van der Waals surface area contributed by atoms with Crippen molar-refractivity contribution >= 4 is 11.4 Å². The molecule has 18 heavy (non-hydrogen) atoms. The fraction of sp³-hybridized carbons (Fsp3) is 0.500. The third-order valence-corrected chi connectivity index (χ3v) is 3.12. The molecule has 0 aliphatic carbocycles. The predicted octanol–water partition coefficient (Wildman–Crippen LogP) is 1.45. The van der Waals surface area contributed by atoms with E-state index in [1.54, 1.807) is 26.0 Å². The Morgan fingerprint density at radius 3 is 2.44 bits per heavy atom. The molecule has 0 unspecified atom stereocenters. The van der Waals surface area contributed by atoms with Crippen LogP contribution in [0.4, 0.5) is 11.4 Å². The summed E-state index contributed by atoms with van der Waals surface area (Å²) in [6.07, 6.45) is 0.450. The van der Waals surface area contributed by atoms with Crippen LogP contribution in [-0.4, -0.2) is 33.9 Å². The summed E-state index contributed by atoms with van der Waals surface area (Å²) >= 11 is 0. The number of para-hydroxylation sites is 1. The normalized spacial score (nSPS) is 11.3. The number of hydrogen-bond acceptors (Lipinski definition) is 5. The van der Waals surface area contributed by atoms with Gasteiger partial charge in [-0.25, -0.2) is 0 Å². The molecule has 0 saturated heterocycles. The molecule has 0 heterocycles. The molecule has 0 aromatic heterocycles. The lowest BCUT2D eigenvalue weighted by atomic mass is 9.97. The zero-order valence-electron chi connectivity index (χ0n) is 10.5. The van der Waals surface area contributed by atoms with E-state index in [0.717, 1.165) is 0 Å². The quantitative estimate of drug-likeness (QED) is 0.527. The second kappa shape index (κ2) is 5.79. The van der Waals surface area contributed by atoms with Crippen molar-refractivity contribution in [2.24, 2.45) is 0 Å². The van der Waals surface area contributed by atoms with E-state index in [1.807, 2.05) is 0 Å². The van der Waals surface area contributed by atoms with E-state index in [1.165, 1.54) is 6.07 Å². The number of nitro benzene ring substituents is 1. The summed E-state index contributed by atoms with van der Waals surface area (Å²) < 4.78 is 0. The molecule has 1 aromatic carbocycles. The fourth-order valence-corrected chi connectivity index (χ4v) is 1.67. The van der Waals surface area contributed by atoms with Gasteiger partial charge in [0.1, 0.15) is 5.69 Å². The number of aliphatic hydroxyl groups excluding tert-OH is 2. The molecule has 0 saturated carbocycles. The third kappa shape index (κ3) is 2.77. The number of benzene rings is 1. The number of nitrogens with zero attached hydrogens (tertiary/aromatic N) is 1. The van der Waals surface area contributed by atoms with Gasteiger partial charge >= 0.3 is 0 Å². The lowest BCUT2D eigenvalue weighted by molar-refractivity contribution is -0.384. The first-order valence-electron chi connectivity index (χ1n) is 5.73. The molecular weight excluding hydrogens is 236 g/mol. The molecule has 1 aromatic rings. The van der Waals surface area contributed by atoms with Gasteiger partial charge in [0, 0.05) is 6.07 Å². The van der Waals surface area contributed by atoms with E-state index >= 15 is 0 Å². The molecule has 0 spiro atoms. The van der Waals surface area contributed by atoms with E-state index in [4.69, 9.17) is 0 Å². The number of anilines is 1. The van der Waals surface area contributed by atoms with E-state index in [2.05, 4.69) is 5.32 Å².